The van der Waals surface area contributed by atoms with E-state index in [4.69, 9.17) is 28.8 Å². The van der Waals surface area contributed by atoms with Crippen molar-refractivity contribution >= 4 is 37.0 Å². The van der Waals surface area contributed by atoms with Gasteiger partial charge in [0.05, 0.1) is 0 Å². The zero-order valence-corrected chi connectivity index (χ0v) is 16.3. The number of hydrogen-bond donors (Lipinski definition) is 0. The molecule has 111 valence electrons. The molecule has 1 heterocycles. The average Bonchev–Trinajstić information content (AvgIpc) is 2.74. The van der Waals surface area contributed by atoms with E-state index in [1.54, 1.807) is 0 Å². The molecule has 0 N–H and O–H groups in total. The van der Waals surface area contributed by atoms with Gasteiger partial charge in [-0.05, 0) is 6.54 Å². The molecule has 1 atom stereocenters. The van der Waals surface area contributed by atoms with Gasteiger partial charge in [-0.2, -0.15) is 11.3 Å². The molecular weight excluding hydrogens is 382 g/mol. The van der Waals surface area contributed by atoms with Gasteiger partial charge in [-0.1, -0.05) is 27.7 Å². The van der Waals surface area contributed by atoms with Crippen LogP contribution in [0.1, 0.15) is 27.7 Å². The topological polar surface area (TPSA) is 34.4 Å². The summed E-state index contributed by atoms with van der Waals surface area (Å²) < 4.78 is 8.06. The Morgan fingerprint density at radius 2 is 1.89 bits per heavy atom. The summed E-state index contributed by atoms with van der Waals surface area (Å²) in [5, 5.41) is 5.00. The zero-order chi connectivity index (χ0) is 15.1. The van der Waals surface area contributed by atoms with Crippen LogP contribution in [0.5, 0.6) is 0 Å². The molecule has 1 rings (SSSR count). The molecule has 0 aliphatic carbocycles. The monoisotopic (exact) mass is 404 g/mol. The second-order valence-electron chi connectivity index (χ2n) is 5.73. The van der Waals surface area contributed by atoms with Gasteiger partial charge in [-0.25, -0.2) is 0 Å². The molecule has 1 fully saturated rings. The second kappa shape index (κ2) is 9.44. The van der Waals surface area contributed by atoms with Crippen LogP contribution in [0.4, 0.5) is 0 Å². The van der Waals surface area contributed by atoms with E-state index in [1.165, 1.54) is 5.75 Å². The first-order valence-corrected chi connectivity index (χ1v) is 8.88. The first-order chi connectivity index (χ1) is 8.70. The van der Waals surface area contributed by atoms with Crippen LogP contribution in [0.3, 0.4) is 0 Å². The van der Waals surface area contributed by atoms with Crippen molar-refractivity contribution < 1.29 is 22.4 Å². The molecule has 0 saturated carbocycles. The number of rotatable bonds is 6. The van der Waals surface area contributed by atoms with Crippen molar-refractivity contribution in [2.75, 3.05) is 31.9 Å². The predicted molar refractivity (Wildman–Crippen MR) is 84.5 cm³/mol. The van der Waals surface area contributed by atoms with Crippen LogP contribution in [0.15, 0.2) is 0 Å². The molecule has 19 heavy (non-hydrogen) atoms. The molecule has 0 spiro atoms. The molecule has 0 radical (unpaired) electrons. The van der Waals surface area contributed by atoms with Crippen molar-refractivity contribution in [3.8, 4) is 0 Å². The summed E-state index contributed by atoms with van der Waals surface area (Å²) in [6.07, 6.45) is 0. The SMILES string of the molecule is CC(C)([S-])C[N-]CCN1CCSC1C(C)(C)[S-].[O]=[Tc+4]. The van der Waals surface area contributed by atoms with Crippen molar-refractivity contribution in [3.63, 3.8) is 0 Å². The minimum absolute atomic E-state index is 0.0571. The third-order valence-electron chi connectivity index (χ3n) is 2.62. The fourth-order valence-electron chi connectivity index (χ4n) is 1.92. The van der Waals surface area contributed by atoms with E-state index in [-0.39, 0.29) is 9.49 Å². The van der Waals surface area contributed by atoms with Gasteiger partial charge in [-0.15, -0.1) is 23.1 Å². The number of nitrogens with zero attached hydrogens (tertiary/aromatic N) is 2. The van der Waals surface area contributed by atoms with Crippen molar-refractivity contribution in [2.45, 2.75) is 42.6 Å². The van der Waals surface area contributed by atoms with Crippen LogP contribution >= 0.6 is 11.8 Å². The van der Waals surface area contributed by atoms with Crippen LogP contribution in [-0.2, 0) is 47.6 Å². The van der Waals surface area contributed by atoms with Crippen LogP contribution in [0, 0.1) is 0 Å². The molecule has 0 aromatic carbocycles. The standard InChI is InChI=1S/C12H25N2S3.O.Tc/c1-11(2,15)9-13-5-6-14-7-8-17-10(14)12(3,4)16;;/h10,15-16H,5-9H2,1-4H3;;/q-1;;+4/p-2. The molecule has 0 amide bonds. The van der Waals surface area contributed by atoms with Gasteiger partial charge in [-0.3, -0.25) is 4.90 Å². The fraction of sp³-hybridized carbons (Fsp3) is 1.00. The van der Waals surface area contributed by atoms with Crippen LogP contribution < -0.4 is 0 Å². The summed E-state index contributed by atoms with van der Waals surface area (Å²) in [6, 6.07) is 0. The Labute approximate surface area is 143 Å². The zero-order valence-electron chi connectivity index (χ0n) is 12.0. The first kappa shape index (κ1) is 20.4. The van der Waals surface area contributed by atoms with E-state index >= 15 is 0 Å². The van der Waals surface area contributed by atoms with Crippen molar-refractivity contribution in [3.05, 3.63) is 5.32 Å². The summed E-state index contributed by atoms with van der Waals surface area (Å²) in [6.45, 7) is 12.2. The van der Waals surface area contributed by atoms with Gasteiger partial charge in [0.15, 0.2) is 0 Å². The van der Waals surface area contributed by atoms with E-state index < -0.39 is 0 Å². The summed E-state index contributed by atoms with van der Waals surface area (Å²) in [5.74, 6) is 1.19. The van der Waals surface area contributed by atoms with Gasteiger partial charge in [0.2, 0.25) is 0 Å². The van der Waals surface area contributed by atoms with E-state index in [2.05, 4.69) is 24.1 Å². The van der Waals surface area contributed by atoms with Crippen molar-refractivity contribution in [1.82, 2.24) is 4.90 Å². The quantitative estimate of drug-likeness (QED) is 0.500. The third-order valence-corrected chi connectivity index (χ3v) is 4.74. The van der Waals surface area contributed by atoms with Gasteiger partial charge in [0.1, 0.15) is 0 Å². The Hall–Kier alpha value is 1.42. The van der Waals surface area contributed by atoms with E-state index in [0.29, 0.717) is 5.37 Å². The van der Waals surface area contributed by atoms with Crippen LogP contribution in [0.2, 0.25) is 0 Å². The predicted octanol–water partition coefficient (Wildman–Crippen LogP) is 2.26. The maximum absolute atomic E-state index is 8.22. The molecule has 1 aliphatic heterocycles. The molecule has 7 heteroatoms. The van der Waals surface area contributed by atoms with Gasteiger partial charge in [0.25, 0.3) is 0 Å². The third kappa shape index (κ3) is 9.12. The van der Waals surface area contributed by atoms with Gasteiger partial charge >= 0.3 is 22.4 Å². The van der Waals surface area contributed by atoms with Crippen LogP contribution in [-0.4, -0.2) is 51.7 Å². The molecule has 3 nitrogen and oxygen atoms in total. The molecule has 1 saturated heterocycles. The first-order valence-electron chi connectivity index (χ1n) is 6.25. The van der Waals surface area contributed by atoms with Crippen molar-refractivity contribution in [1.29, 1.82) is 0 Å². The van der Waals surface area contributed by atoms with E-state index in [9.17, 15) is 0 Å². The summed E-state index contributed by atoms with van der Waals surface area (Å²) in [7, 11) is 0. The normalized spacial score (nSPS) is 21.2. The fourth-order valence-corrected chi connectivity index (χ4v) is 3.75. The Morgan fingerprint density at radius 3 is 2.37 bits per heavy atom. The molecular formula is C12H23N2OS3Tc+. The van der Waals surface area contributed by atoms with Crippen LogP contribution in [0.25, 0.3) is 5.32 Å². The number of thioether (sulfide) groups is 1. The molecule has 0 aromatic heterocycles. The molecule has 0 aromatic rings. The molecule has 0 bridgehead atoms. The average molecular weight is 406 g/mol. The molecule has 1 aliphatic rings. The van der Waals surface area contributed by atoms with E-state index in [0.717, 1.165) is 45.0 Å². The summed E-state index contributed by atoms with van der Waals surface area (Å²) >= 11 is 13.7. The second-order valence-corrected chi connectivity index (χ2v) is 9.07. The van der Waals surface area contributed by atoms with Gasteiger partial charge in [0, 0.05) is 17.7 Å². The van der Waals surface area contributed by atoms with E-state index in [1.807, 2.05) is 25.6 Å². The Kier molecular flexibility index (Phi) is 10.1. The Balaban J connectivity index is 0.00000154. The summed E-state index contributed by atoms with van der Waals surface area (Å²) in [4.78, 5) is 2.47. The maximum atomic E-state index is 8.22. The Morgan fingerprint density at radius 1 is 1.32 bits per heavy atom. The summed E-state index contributed by atoms with van der Waals surface area (Å²) in [5.41, 5.74) is 0. The Bertz CT molecular complexity index is 256. The number of hydrogen-bond acceptors (Lipinski definition) is 5. The molecule has 1 unspecified atom stereocenters. The van der Waals surface area contributed by atoms with Crippen molar-refractivity contribution in [2.24, 2.45) is 0 Å². The minimum atomic E-state index is -0.101. The van der Waals surface area contributed by atoms with Gasteiger partial charge < -0.3 is 30.6 Å².